The number of benzene rings is 1. The molecule has 0 bridgehead atoms. The summed E-state index contributed by atoms with van der Waals surface area (Å²) in [5.74, 6) is 0.224. The summed E-state index contributed by atoms with van der Waals surface area (Å²) in [5.41, 5.74) is -0.526. The molecule has 2 aromatic rings. The summed E-state index contributed by atoms with van der Waals surface area (Å²) in [6.45, 7) is 1.74. The largest absolute Gasteiger partial charge is 0.379 e. The lowest BCUT2D eigenvalue weighted by molar-refractivity contribution is -0.156. The van der Waals surface area contributed by atoms with E-state index in [1.54, 1.807) is 4.90 Å². The maximum Gasteiger partial charge on any atom is 0.340 e. The third-order valence-electron chi connectivity index (χ3n) is 4.70. The molecule has 1 saturated heterocycles. The number of carbonyl (C=O) groups is 1. The van der Waals surface area contributed by atoms with Gasteiger partial charge in [0, 0.05) is 19.6 Å². The second kappa shape index (κ2) is 8.29. The first-order chi connectivity index (χ1) is 12.6. The molecule has 26 heavy (non-hydrogen) atoms. The molecule has 1 aliphatic heterocycles. The number of amides is 1. The van der Waals surface area contributed by atoms with E-state index in [9.17, 15) is 14.7 Å². The number of likely N-dealkylation sites (tertiary alicyclic amines) is 1. The summed E-state index contributed by atoms with van der Waals surface area (Å²) in [4.78, 5) is 28.0. The maximum atomic E-state index is 12.7. The van der Waals surface area contributed by atoms with Crippen LogP contribution in [0.4, 0.5) is 0 Å². The molecule has 0 radical (unpaired) electrons. The molecule has 0 saturated carbocycles. The Hall–Kier alpha value is -2.45. The van der Waals surface area contributed by atoms with Crippen molar-refractivity contribution in [2.75, 3.05) is 19.6 Å². The molecule has 2 heterocycles. The van der Waals surface area contributed by atoms with Crippen molar-refractivity contribution in [3.05, 3.63) is 52.2 Å². The molecule has 1 amide bonds. The van der Waals surface area contributed by atoms with Crippen LogP contribution in [0.1, 0.15) is 30.7 Å². The van der Waals surface area contributed by atoms with Crippen LogP contribution in [0.25, 0.3) is 0 Å². The Morgan fingerprint density at radius 2 is 2.08 bits per heavy atom. The second-order valence-corrected chi connectivity index (χ2v) is 6.74. The number of nitrogens with zero attached hydrogens (tertiary/aromatic N) is 2. The number of H-pyrrole nitrogens is 2. The van der Waals surface area contributed by atoms with Crippen LogP contribution in [0.2, 0.25) is 0 Å². The van der Waals surface area contributed by atoms with Crippen LogP contribution < -0.4 is 11.0 Å². The number of aryl methyl sites for hydroxylation is 1. The fourth-order valence-electron chi connectivity index (χ4n) is 3.34. The van der Waals surface area contributed by atoms with Gasteiger partial charge in [-0.05, 0) is 31.2 Å². The van der Waals surface area contributed by atoms with Crippen LogP contribution in [-0.4, -0.2) is 56.3 Å². The highest BCUT2D eigenvalue weighted by atomic mass is 16.3. The highest BCUT2D eigenvalue weighted by Crippen LogP contribution is 2.22. The molecule has 8 heteroatoms. The minimum Gasteiger partial charge on any atom is -0.379 e. The van der Waals surface area contributed by atoms with Crippen LogP contribution in [-0.2, 0) is 17.8 Å². The average Bonchev–Trinajstić information content (AvgIpc) is 3.05. The molecule has 0 aliphatic carbocycles. The van der Waals surface area contributed by atoms with E-state index in [4.69, 9.17) is 0 Å². The van der Waals surface area contributed by atoms with E-state index in [0.29, 0.717) is 25.3 Å². The molecular weight excluding hydrogens is 334 g/mol. The van der Waals surface area contributed by atoms with Gasteiger partial charge in [0.05, 0.1) is 6.54 Å². The van der Waals surface area contributed by atoms with E-state index >= 15 is 0 Å². The van der Waals surface area contributed by atoms with Gasteiger partial charge in [-0.25, -0.2) is 9.89 Å². The predicted octanol–water partition coefficient (Wildman–Crippen LogP) is 0.174. The van der Waals surface area contributed by atoms with E-state index in [1.165, 1.54) is 5.56 Å². The molecule has 1 fully saturated rings. The van der Waals surface area contributed by atoms with Gasteiger partial charge in [0.1, 0.15) is 5.82 Å². The van der Waals surface area contributed by atoms with Crippen molar-refractivity contribution in [2.24, 2.45) is 0 Å². The lowest BCUT2D eigenvalue weighted by Crippen LogP contribution is -2.58. The number of piperidine rings is 1. The first-order valence-corrected chi connectivity index (χ1v) is 8.97. The number of carbonyl (C=O) groups excluding carboxylic acids is 1. The van der Waals surface area contributed by atoms with Crippen molar-refractivity contribution in [3.63, 3.8) is 0 Å². The fourth-order valence-corrected chi connectivity index (χ4v) is 3.34. The highest BCUT2D eigenvalue weighted by molar-refractivity contribution is 5.86. The van der Waals surface area contributed by atoms with Gasteiger partial charge in [0.15, 0.2) is 5.60 Å². The SMILES string of the molecule is O=C1N(CCCc2ccccc2)CCC[C@@]1(O)CNCc1n[nH]c(=O)[nH]1. The van der Waals surface area contributed by atoms with Crippen LogP contribution >= 0.6 is 0 Å². The number of nitrogens with one attached hydrogen (secondary N) is 3. The van der Waals surface area contributed by atoms with Crippen LogP contribution in [0.3, 0.4) is 0 Å². The fraction of sp³-hybridized carbons (Fsp3) is 0.500. The topological polar surface area (TPSA) is 114 Å². The van der Waals surface area contributed by atoms with Crippen molar-refractivity contribution in [3.8, 4) is 0 Å². The summed E-state index contributed by atoms with van der Waals surface area (Å²) >= 11 is 0. The Kier molecular flexibility index (Phi) is 5.85. The molecule has 0 unspecified atom stereocenters. The van der Waals surface area contributed by atoms with Gasteiger partial charge in [-0.3, -0.25) is 9.78 Å². The first-order valence-electron chi connectivity index (χ1n) is 8.97. The minimum absolute atomic E-state index is 0.135. The van der Waals surface area contributed by atoms with Gasteiger partial charge in [0.25, 0.3) is 5.91 Å². The summed E-state index contributed by atoms with van der Waals surface area (Å²) in [6.07, 6.45) is 2.99. The minimum atomic E-state index is -1.40. The summed E-state index contributed by atoms with van der Waals surface area (Å²) in [5, 5.41) is 19.8. The molecule has 1 aliphatic rings. The van der Waals surface area contributed by atoms with Crippen molar-refractivity contribution < 1.29 is 9.90 Å². The second-order valence-electron chi connectivity index (χ2n) is 6.74. The Morgan fingerprint density at radius 1 is 1.27 bits per heavy atom. The number of aromatic nitrogens is 3. The predicted molar refractivity (Wildman–Crippen MR) is 96.4 cm³/mol. The van der Waals surface area contributed by atoms with E-state index < -0.39 is 5.60 Å². The van der Waals surface area contributed by atoms with E-state index in [-0.39, 0.29) is 24.7 Å². The van der Waals surface area contributed by atoms with Crippen molar-refractivity contribution in [2.45, 2.75) is 37.8 Å². The van der Waals surface area contributed by atoms with Crippen LogP contribution in [0, 0.1) is 0 Å². The van der Waals surface area contributed by atoms with Gasteiger partial charge in [-0.1, -0.05) is 30.3 Å². The van der Waals surface area contributed by atoms with Gasteiger partial charge in [-0.15, -0.1) is 0 Å². The van der Waals surface area contributed by atoms with Gasteiger partial charge in [-0.2, -0.15) is 5.10 Å². The molecule has 0 spiro atoms. The zero-order valence-electron chi connectivity index (χ0n) is 14.7. The van der Waals surface area contributed by atoms with Crippen molar-refractivity contribution in [1.29, 1.82) is 0 Å². The summed E-state index contributed by atoms with van der Waals surface area (Å²) in [6, 6.07) is 10.2. The lowest BCUT2D eigenvalue weighted by Gasteiger charge is -2.38. The van der Waals surface area contributed by atoms with Gasteiger partial charge >= 0.3 is 5.69 Å². The monoisotopic (exact) mass is 359 g/mol. The Labute approximate surface area is 151 Å². The smallest absolute Gasteiger partial charge is 0.340 e. The molecule has 3 rings (SSSR count). The van der Waals surface area contributed by atoms with E-state index in [1.807, 2.05) is 18.2 Å². The maximum absolute atomic E-state index is 12.7. The number of hydrogen-bond acceptors (Lipinski definition) is 5. The van der Waals surface area contributed by atoms with Crippen molar-refractivity contribution >= 4 is 5.91 Å². The molecule has 8 nitrogen and oxygen atoms in total. The molecular formula is C18H25N5O3. The lowest BCUT2D eigenvalue weighted by atomic mass is 9.91. The van der Waals surface area contributed by atoms with Gasteiger partial charge < -0.3 is 15.3 Å². The third kappa shape index (κ3) is 4.59. The number of rotatable bonds is 8. The van der Waals surface area contributed by atoms with E-state index in [0.717, 1.165) is 19.3 Å². The number of aromatic amines is 2. The zero-order chi connectivity index (χ0) is 18.4. The average molecular weight is 359 g/mol. The summed E-state index contributed by atoms with van der Waals surface area (Å²) in [7, 11) is 0. The standard InChI is InChI=1S/C18H25N5O3/c24-16-18(26,13-19-12-15-20-17(25)22-21-15)9-5-11-23(16)10-4-8-14-6-2-1-3-7-14/h1-3,6-7,19,26H,4-5,8-13H2,(H2,20,21,22,25)/t18-/m1/s1. The van der Waals surface area contributed by atoms with Crippen LogP contribution in [0.15, 0.2) is 35.1 Å². The molecule has 1 atom stereocenters. The molecule has 4 N–H and O–H groups in total. The molecule has 1 aromatic carbocycles. The first kappa shape index (κ1) is 18.3. The Bertz CT molecular complexity index is 772. The molecule has 1 aromatic heterocycles. The summed E-state index contributed by atoms with van der Waals surface area (Å²) < 4.78 is 0. The Morgan fingerprint density at radius 3 is 2.81 bits per heavy atom. The normalized spacial score (nSPS) is 20.5. The Balaban J connectivity index is 1.48. The molecule has 140 valence electrons. The van der Waals surface area contributed by atoms with E-state index in [2.05, 4.69) is 32.6 Å². The number of hydrogen-bond donors (Lipinski definition) is 4. The quantitative estimate of drug-likeness (QED) is 0.537. The zero-order valence-corrected chi connectivity index (χ0v) is 14.7. The van der Waals surface area contributed by atoms with Gasteiger partial charge in [0.2, 0.25) is 0 Å². The third-order valence-corrected chi connectivity index (χ3v) is 4.70. The number of aliphatic hydroxyl groups is 1. The highest BCUT2D eigenvalue weighted by Gasteiger charge is 2.41. The van der Waals surface area contributed by atoms with Crippen LogP contribution in [0.5, 0.6) is 0 Å². The van der Waals surface area contributed by atoms with Crippen molar-refractivity contribution in [1.82, 2.24) is 25.4 Å².